The van der Waals surface area contributed by atoms with Crippen molar-refractivity contribution in [2.24, 2.45) is 0 Å². The fourth-order valence-corrected chi connectivity index (χ4v) is 2.80. The van der Waals surface area contributed by atoms with Gasteiger partial charge in [0.05, 0.1) is 13.2 Å². The minimum Gasteiger partial charge on any atom is -0.394 e. The highest BCUT2D eigenvalue weighted by atomic mass is 16.8. The molecule has 0 bridgehead atoms. The second kappa shape index (κ2) is 7.05. The van der Waals surface area contributed by atoms with Crippen LogP contribution in [0.25, 0.3) is 0 Å². The molecule has 24 heavy (non-hydrogen) atoms. The van der Waals surface area contributed by atoms with E-state index in [4.69, 9.17) is 19.3 Å². The fourth-order valence-electron chi connectivity index (χ4n) is 2.80. The van der Waals surface area contributed by atoms with Crippen LogP contribution in [-0.2, 0) is 14.2 Å². The number of ether oxygens (including phenoxy) is 3. The van der Waals surface area contributed by atoms with Crippen molar-refractivity contribution in [1.29, 1.82) is 0 Å². The lowest BCUT2D eigenvalue weighted by Crippen LogP contribution is -2.67. The lowest BCUT2D eigenvalue weighted by atomic mass is 9.89. The van der Waals surface area contributed by atoms with Gasteiger partial charge in [-0.3, -0.25) is 0 Å². The van der Waals surface area contributed by atoms with Crippen molar-refractivity contribution >= 4 is 0 Å². The van der Waals surface area contributed by atoms with Gasteiger partial charge < -0.3 is 55.1 Å². The molecule has 0 amide bonds. The molecule has 11 heteroatoms. The Labute approximate surface area is 137 Å². The minimum atomic E-state index is -2.24. The Morgan fingerprint density at radius 1 is 0.833 bits per heavy atom. The van der Waals surface area contributed by atoms with Gasteiger partial charge in [-0.05, 0) is 6.92 Å². The van der Waals surface area contributed by atoms with Crippen LogP contribution in [0.4, 0.5) is 0 Å². The van der Waals surface area contributed by atoms with Crippen molar-refractivity contribution in [3.8, 4) is 0 Å². The van der Waals surface area contributed by atoms with E-state index >= 15 is 0 Å². The van der Waals surface area contributed by atoms with Crippen molar-refractivity contribution in [3.05, 3.63) is 0 Å². The average molecular weight is 356 g/mol. The second-order valence-electron chi connectivity index (χ2n) is 6.25. The van der Waals surface area contributed by atoms with E-state index in [1.54, 1.807) is 0 Å². The summed E-state index contributed by atoms with van der Waals surface area (Å²) in [4.78, 5) is 0. The lowest BCUT2D eigenvalue weighted by molar-refractivity contribution is -0.399. The standard InChI is InChI=1S/C13H24O11/c1-12(3-15)9(20)7(18)8(19)11(23-12)24-13(4-16)10(21)6(17)5(2-14)22-13/h5-11,14-21H,2-4H2,1H3/t5-,6+,7+,8?,9+,10?,11-,12?,13+/m1/s1. The summed E-state index contributed by atoms with van der Waals surface area (Å²) in [6.07, 6.45) is -11.5. The third kappa shape index (κ3) is 3.06. The van der Waals surface area contributed by atoms with Crippen molar-refractivity contribution in [2.75, 3.05) is 19.8 Å². The predicted octanol–water partition coefficient (Wildman–Crippen LogP) is -5.01. The Bertz CT molecular complexity index is 436. The largest absolute Gasteiger partial charge is 0.394 e. The van der Waals surface area contributed by atoms with Gasteiger partial charge in [0.15, 0.2) is 6.29 Å². The molecule has 9 atom stereocenters. The fraction of sp³-hybridized carbons (Fsp3) is 1.00. The molecule has 2 rings (SSSR count). The molecule has 2 aliphatic rings. The number of hydrogen-bond acceptors (Lipinski definition) is 11. The van der Waals surface area contributed by atoms with Crippen molar-refractivity contribution in [1.82, 2.24) is 0 Å². The molecule has 142 valence electrons. The van der Waals surface area contributed by atoms with E-state index < -0.39 is 74.1 Å². The predicted molar refractivity (Wildman–Crippen MR) is 73.3 cm³/mol. The van der Waals surface area contributed by atoms with Crippen molar-refractivity contribution in [3.63, 3.8) is 0 Å². The van der Waals surface area contributed by atoms with Crippen LogP contribution in [0.1, 0.15) is 6.92 Å². The summed E-state index contributed by atoms with van der Waals surface area (Å²) in [5, 5.41) is 77.7. The molecule has 11 nitrogen and oxygen atoms in total. The van der Waals surface area contributed by atoms with Gasteiger partial charge in [-0.25, -0.2) is 0 Å². The number of hydrogen-bond donors (Lipinski definition) is 8. The third-order valence-electron chi connectivity index (χ3n) is 4.50. The van der Waals surface area contributed by atoms with E-state index in [1.165, 1.54) is 6.92 Å². The van der Waals surface area contributed by atoms with E-state index in [9.17, 15) is 35.7 Å². The lowest BCUT2D eigenvalue weighted by Gasteiger charge is -2.48. The van der Waals surface area contributed by atoms with Crippen LogP contribution in [0.3, 0.4) is 0 Å². The number of aliphatic hydroxyl groups is 8. The van der Waals surface area contributed by atoms with Crippen LogP contribution in [0.2, 0.25) is 0 Å². The minimum absolute atomic E-state index is 0.674. The van der Waals surface area contributed by atoms with Crippen LogP contribution in [0.15, 0.2) is 0 Å². The molecule has 0 aliphatic carbocycles. The zero-order valence-electron chi connectivity index (χ0n) is 13.0. The molecule has 0 radical (unpaired) electrons. The van der Waals surface area contributed by atoms with Gasteiger partial charge in [-0.1, -0.05) is 0 Å². The third-order valence-corrected chi connectivity index (χ3v) is 4.50. The molecule has 3 unspecified atom stereocenters. The molecular formula is C13H24O11. The molecule has 0 aromatic rings. The first-order valence-electron chi connectivity index (χ1n) is 7.42. The molecule has 8 N–H and O–H groups in total. The first-order valence-corrected chi connectivity index (χ1v) is 7.42. The normalized spacial score (nSPS) is 52.6. The van der Waals surface area contributed by atoms with E-state index in [1.807, 2.05) is 0 Å². The van der Waals surface area contributed by atoms with Gasteiger partial charge in [0.1, 0.15) is 48.8 Å². The molecular weight excluding hydrogens is 332 g/mol. The monoisotopic (exact) mass is 356 g/mol. The van der Waals surface area contributed by atoms with Gasteiger partial charge in [0.2, 0.25) is 5.79 Å². The SMILES string of the molecule is CC1(CO)O[C@H](O[C@]2(CO)O[C@H](CO)[C@H](O)C2O)C(O)[C@H](O)[C@@H]1O. The van der Waals surface area contributed by atoms with Crippen molar-refractivity contribution < 1.29 is 55.1 Å². The molecule has 0 aromatic heterocycles. The van der Waals surface area contributed by atoms with Crippen LogP contribution < -0.4 is 0 Å². The van der Waals surface area contributed by atoms with Gasteiger partial charge >= 0.3 is 0 Å². The molecule has 2 saturated heterocycles. The molecule has 2 heterocycles. The summed E-state index contributed by atoms with van der Waals surface area (Å²) in [6.45, 7) is -1.11. The maximum absolute atomic E-state index is 10.1. The molecule has 0 spiro atoms. The van der Waals surface area contributed by atoms with Crippen LogP contribution in [0, 0.1) is 0 Å². The van der Waals surface area contributed by atoms with Gasteiger partial charge in [-0.2, -0.15) is 0 Å². The van der Waals surface area contributed by atoms with E-state index in [2.05, 4.69) is 0 Å². The summed E-state index contributed by atoms with van der Waals surface area (Å²) >= 11 is 0. The zero-order valence-corrected chi connectivity index (χ0v) is 13.0. The summed E-state index contributed by atoms with van der Waals surface area (Å²) in [7, 11) is 0. The molecule has 0 aromatic carbocycles. The summed E-state index contributed by atoms with van der Waals surface area (Å²) < 4.78 is 15.7. The van der Waals surface area contributed by atoms with Gasteiger partial charge in [0, 0.05) is 0 Å². The highest BCUT2D eigenvalue weighted by molar-refractivity contribution is 5.00. The topological polar surface area (TPSA) is 190 Å². The van der Waals surface area contributed by atoms with Crippen LogP contribution >= 0.6 is 0 Å². The Balaban J connectivity index is 2.24. The maximum atomic E-state index is 10.1. The summed E-state index contributed by atoms with van der Waals surface area (Å²) in [5.74, 6) is -2.24. The van der Waals surface area contributed by atoms with Crippen molar-refractivity contribution in [2.45, 2.75) is 61.2 Å². The highest BCUT2D eigenvalue weighted by Crippen LogP contribution is 2.37. The van der Waals surface area contributed by atoms with E-state index in [-0.39, 0.29) is 0 Å². The molecule has 2 aliphatic heterocycles. The zero-order chi connectivity index (χ0) is 18.3. The Morgan fingerprint density at radius 2 is 1.46 bits per heavy atom. The van der Waals surface area contributed by atoms with Gasteiger partial charge in [0.25, 0.3) is 0 Å². The maximum Gasteiger partial charge on any atom is 0.224 e. The van der Waals surface area contributed by atoms with Crippen LogP contribution in [-0.4, -0.2) is 115 Å². The van der Waals surface area contributed by atoms with E-state index in [0.717, 1.165) is 0 Å². The quantitative estimate of drug-likeness (QED) is 0.235. The Kier molecular flexibility index (Phi) is 5.84. The number of aliphatic hydroxyl groups excluding tert-OH is 8. The van der Waals surface area contributed by atoms with E-state index in [0.29, 0.717) is 0 Å². The van der Waals surface area contributed by atoms with Crippen LogP contribution in [0.5, 0.6) is 0 Å². The Hall–Kier alpha value is -0.440. The van der Waals surface area contributed by atoms with Gasteiger partial charge in [-0.15, -0.1) is 0 Å². The smallest absolute Gasteiger partial charge is 0.224 e. The highest BCUT2D eigenvalue weighted by Gasteiger charge is 2.59. The Morgan fingerprint density at radius 3 is 1.92 bits per heavy atom. The second-order valence-corrected chi connectivity index (χ2v) is 6.25. The average Bonchev–Trinajstić information content (AvgIpc) is 2.83. The molecule has 0 saturated carbocycles. The summed E-state index contributed by atoms with van der Waals surface area (Å²) in [5.41, 5.74) is -1.70. The summed E-state index contributed by atoms with van der Waals surface area (Å²) in [6, 6.07) is 0. The molecule has 2 fully saturated rings. The number of rotatable bonds is 5. The first kappa shape index (κ1) is 19.9. The first-order chi connectivity index (χ1) is 11.2.